The highest BCUT2D eigenvalue weighted by atomic mass is 35.5. The summed E-state index contributed by atoms with van der Waals surface area (Å²) in [6, 6.07) is 4.78. The molecule has 1 fully saturated rings. The van der Waals surface area contributed by atoms with Crippen molar-refractivity contribution in [2.24, 2.45) is 11.8 Å². The average molecular weight is 449 g/mol. The number of carbonyl (C=O) groups excluding carboxylic acids is 1. The third kappa shape index (κ3) is 4.15. The molecule has 1 aromatic carbocycles. The quantitative estimate of drug-likeness (QED) is 0.661. The van der Waals surface area contributed by atoms with Crippen molar-refractivity contribution in [1.29, 1.82) is 0 Å². The van der Waals surface area contributed by atoms with Crippen LogP contribution in [0.1, 0.15) is 20.3 Å². The van der Waals surface area contributed by atoms with Crippen molar-refractivity contribution in [2.75, 3.05) is 23.3 Å². The molecule has 1 aliphatic rings. The molecule has 2 aromatic heterocycles. The van der Waals surface area contributed by atoms with Crippen LogP contribution in [-0.2, 0) is 11.3 Å². The molecule has 3 heterocycles. The van der Waals surface area contributed by atoms with E-state index in [0.29, 0.717) is 39.0 Å². The first-order valence-electron chi connectivity index (χ1n) is 9.76. The fraction of sp³-hybridized carbons (Fsp3) is 0.400. The third-order valence-corrected chi connectivity index (χ3v) is 5.89. The predicted octanol–water partition coefficient (Wildman–Crippen LogP) is 3.32. The third-order valence-electron chi connectivity index (χ3n) is 5.15. The summed E-state index contributed by atoms with van der Waals surface area (Å²) in [5.41, 5.74) is 0.548. The standard InChI is InChI=1S/C20H22Cl2N6O2/c1-12-7-13(2)10-26(9-12)18-19-25-28(20(30)27(19)6-5-23-18)11-17(29)24-14-3-4-15(21)16(22)8-14/h3-6,8,12-13H,7,9-11H2,1-2H3,(H,24,29)/t12-,13-/m1/s1. The molecule has 0 radical (unpaired) electrons. The van der Waals surface area contributed by atoms with E-state index < -0.39 is 11.6 Å². The number of anilines is 2. The van der Waals surface area contributed by atoms with Crippen molar-refractivity contribution in [3.8, 4) is 0 Å². The van der Waals surface area contributed by atoms with Crippen molar-refractivity contribution < 1.29 is 4.79 Å². The van der Waals surface area contributed by atoms with Crippen LogP contribution in [0.5, 0.6) is 0 Å². The molecular weight excluding hydrogens is 427 g/mol. The van der Waals surface area contributed by atoms with E-state index in [1.165, 1.54) is 4.40 Å². The molecule has 8 nitrogen and oxygen atoms in total. The molecule has 0 saturated carbocycles. The van der Waals surface area contributed by atoms with Gasteiger partial charge in [-0.05, 0) is 36.5 Å². The second kappa shape index (κ2) is 8.28. The largest absolute Gasteiger partial charge is 0.353 e. The Labute approximate surface area is 183 Å². The van der Waals surface area contributed by atoms with Gasteiger partial charge in [-0.3, -0.25) is 4.79 Å². The van der Waals surface area contributed by atoms with Crippen LogP contribution in [0.15, 0.2) is 35.4 Å². The Balaban J connectivity index is 1.59. The predicted molar refractivity (Wildman–Crippen MR) is 117 cm³/mol. The van der Waals surface area contributed by atoms with Gasteiger partial charge in [0.05, 0.1) is 10.0 Å². The lowest BCUT2D eigenvalue weighted by molar-refractivity contribution is -0.117. The Hall–Kier alpha value is -2.58. The highest BCUT2D eigenvalue weighted by molar-refractivity contribution is 6.42. The van der Waals surface area contributed by atoms with Gasteiger partial charge >= 0.3 is 5.69 Å². The van der Waals surface area contributed by atoms with E-state index in [4.69, 9.17) is 23.2 Å². The van der Waals surface area contributed by atoms with Gasteiger partial charge in [-0.2, -0.15) is 0 Å². The number of piperidine rings is 1. The second-order valence-corrected chi connectivity index (χ2v) is 8.73. The van der Waals surface area contributed by atoms with Crippen LogP contribution in [0.4, 0.5) is 11.5 Å². The smallest absolute Gasteiger partial charge is 0.350 e. The van der Waals surface area contributed by atoms with E-state index in [9.17, 15) is 9.59 Å². The van der Waals surface area contributed by atoms with Gasteiger partial charge in [-0.25, -0.2) is 18.9 Å². The van der Waals surface area contributed by atoms with Gasteiger partial charge in [-0.1, -0.05) is 37.0 Å². The fourth-order valence-electron chi connectivity index (χ4n) is 4.01. The minimum absolute atomic E-state index is 0.229. The van der Waals surface area contributed by atoms with Gasteiger partial charge in [0, 0.05) is 31.2 Å². The molecule has 1 amide bonds. The lowest BCUT2D eigenvalue weighted by Crippen LogP contribution is -2.39. The highest BCUT2D eigenvalue weighted by Gasteiger charge is 2.25. The van der Waals surface area contributed by atoms with E-state index in [1.54, 1.807) is 30.6 Å². The Kier molecular flexibility index (Phi) is 5.71. The van der Waals surface area contributed by atoms with Gasteiger partial charge in [0.2, 0.25) is 11.6 Å². The second-order valence-electron chi connectivity index (χ2n) is 7.91. The summed E-state index contributed by atoms with van der Waals surface area (Å²) >= 11 is 11.9. The topological polar surface area (TPSA) is 84.5 Å². The molecule has 158 valence electrons. The van der Waals surface area contributed by atoms with Gasteiger partial charge < -0.3 is 10.2 Å². The molecule has 4 rings (SSSR count). The van der Waals surface area contributed by atoms with Gasteiger partial charge in [0.15, 0.2) is 5.82 Å². The number of nitrogens with zero attached hydrogens (tertiary/aromatic N) is 5. The number of fused-ring (bicyclic) bond motifs is 1. The lowest BCUT2D eigenvalue weighted by Gasteiger charge is -2.35. The number of nitrogens with one attached hydrogen (secondary N) is 1. The summed E-state index contributed by atoms with van der Waals surface area (Å²) in [6.45, 7) is 5.90. The Morgan fingerprint density at radius 2 is 1.93 bits per heavy atom. The normalized spacial score (nSPS) is 19.3. The molecule has 1 saturated heterocycles. The van der Waals surface area contributed by atoms with E-state index in [-0.39, 0.29) is 6.54 Å². The van der Waals surface area contributed by atoms with Crippen LogP contribution in [0.25, 0.3) is 5.65 Å². The van der Waals surface area contributed by atoms with E-state index in [0.717, 1.165) is 24.2 Å². The zero-order valence-corrected chi connectivity index (χ0v) is 18.2. The van der Waals surface area contributed by atoms with Crippen LogP contribution in [0, 0.1) is 11.8 Å². The first-order chi connectivity index (χ1) is 14.3. The summed E-state index contributed by atoms with van der Waals surface area (Å²) in [5, 5.41) is 7.84. The molecule has 0 unspecified atom stereocenters. The van der Waals surface area contributed by atoms with Gasteiger partial charge in [0.25, 0.3) is 0 Å². The van der Waals surface area contributed by atoms with E-state index >= 15 is 0 Å². The molecule has 0 bridgehead atoms. The highest BCUT2D eigenvalue weighted by Crippen LogP contribution is 2.27. The molecule has 0 aliphatic carbocycles. The fourth-order valence-corrected chi connectivity index (χ4v) is 4.31. The first-order valence-corrected chi connectivity index (χ1v) is 10.5. The lowest BCUT2D eigenvalue weighted by atomic mass is 9.92. The summed E-state index contributed by atoms with van der Waals surface area (Å²) in [6.07, 6.45) is 4.32. The summed E-state index contributed by atoms with van der Waals surface area (Å²) in [4.78, 5) is 31.9. The minimum atomic E-state index is -0.395. The van der Waals surface area contributed by atoms with Crippen LogP contribution >= 0.6 is 23.2 Å². The Bertz CT molecular complexity index is 1150. The maximum atomic E-state index is 12.8. The van der Waals surface area contributed by atoms with Gasteiger partial charge in [0.1, 0.15) is 6.54 Å². The van der Waals surface area contributed by atoms with Crippen LogP contribution < -0.4 is 15.9 Å². The van der Waals surface area contributed by atoms with Crippen molar-refractivity contribution in [1.82, 2.24) is 19.2 Å². The Morgan fingerprint density at radius 3 is 2.63 bits per heavy atom. The summed E-state index contributed by atoms with van der Waals surface area (Å²) in [7, 11) is 0. The number of carbonyl (C=O) groups is 1. The van der Waals surface area contributed by atoms with Crippen LogP contribution in [-0.4, -0.2) is 38.2 Å². The van der Waals surface area contributed by atoms with Crippen LogP contribution in [0.3, 0.4) is 0 Å². The molecule has 10 heteroatoms. The summed E-state index contributed by atoms with van der Waals surface area (Å²) < 4.78 is 2.57. The van der Waals surface area contributed by atoms with Crippen molar-refractivity contribution in [2.45, 2.75) is 26.8 Å². The maximum absolute atomic E-state index is 12.8. The van der Waals surface area contributed by atoms with E-state index in [2.05, 4.69) is 34.1 Å². The monoisotopic (exact) mass is 448 g/mol. The molecule has 0 spiro atoms. The number of aromatic nitrogens is 4. The number of benzene rings is 1. The number of amides is 1. The molecule has 30 heavy (non-hydrogen) atoms. The summed E-state index contributed by atoms with van der Waals surface area (Å²) in [5.74, 6) is 1.33. The first kappa shape index (κ1) is 20.7. The van der Waals surface area contributed by atoms with Gasteiger partial charge in [-0.15, -0.1) is 5.10 Å². The van der Waals surface area contributed by atoms with Crippen molar-refractivity contribution in [3.63, 3.8) is 0 Å². The number of rotatable bonds is 4. The zero-order chi connectivity index (χ0) is 21.4. The zero-order valence-electron chi connectivity index (χ0n) is 16.7. The number of hydrogen-bond donors (Lipinski definition) is 1. The van der Waals surface area contributed by atoms with E-state index in [1.807, 2.05) is 0 Å². The van der Waals surface area contributed by atoms with Crippen molar-refractivity contribution in [3.05, 3.63) is 51.1 Å². The van der Waals surface area contributed by atoms with Crippen LogP contribution in [0.2, 0.25) is 10.0 Å². The maximum Gasteiger partial charge on any atom is 0.350 e. The van der Waals surface area contributed by atoms with Crippen molar-refractivity contribution >= 4 is 46.3 Å². The Morgan fingerprint density at radius 1 is 1.20 bits per heavy atom. The molecular formula is C20H22Cl2N6O2. The molecule has 1 N–H and O–H groups in total. The minimum Gasteiger partial charge on any atom is -0.353 e. The molecule has 1 aliphatic heterocycles. The molecule has 2 atom stereocenters. The number of hydrogen-bond acceptors (Lipinski definition) is 5. The molecule has 3 aromatic rings. The average Bonchev–Trinajstić information content (AvgIpc) is 2.99. The SMILES string of the molecule is C[C@@H]1C[C@@H](C)CN(c2nccn3c(=O)n(CC(=O)Nc4ccc(Cl)c(Cl)c4)nc23)C1. The number of halogens is 2.